The molecule has 2 aromatic carbocycles. The van der Waals surface area contributed by atoms with Crippen LogP contribution in [0.4, 0.5) is 30.5 Å². The molecule has 6 heterocycles. The molecule has 3 saturated heterocycles. The molecule has 0 aliphatic carbocycles. The maximum Gasteiger partial charge on any atom is 0.319 e. The lowest BCUT2D eigenvalue weighted by Gasteiger charge is -2.37. The van der Waals surface area contributed by atoms with E-state index in [0.29, 0.717) is 49.7 Å². The molecule has 3 aliphatic rings. The van der Waals surface area contributed by atoms with Crippen molar-refractivity contribution < 1.29 is 32.5 Å². The van der Waals surface area contributed by atoms with Crippen LogP contribution in [0.2, 0.25) is 0 Å². The molecule has 306 valence electrons. The van der Waals surface area contributed by atoms with E-state index in [9.17, 15) is 9.90 Å². The highest BCUT2D eigenvalue weighted by Gasteiger charge is 2.44. The molecule has 5 aromatic rings. The normalized spacial score (nSPS) is 22.3. The number of nitrogens with one attached hydrogen (secondary N) is 1. The fourth-order valence-electron chi connectivity index (χ4n) is 8.60. The number of amides is 1. The fourth-order valence-corrected chi connectivity index (χ4v) is 8.60. The van der Waals surface area contributed by atoms with Crippen LogP contribution < -0.4 is 24.8 Å². The van der Waals surface area contributed by atoms with E-state index in [0.717, 1.165) is 25.1 Å². The number of alkyl halides is 1. The fraction of sp³-hybridized carbons (Fsp3) is 0.386. The van der Waals surface area contributed by atoms with Gasteiger partial charge in [0.05, 0.1) is 48.1 Å². The summed E-state index contributed by atoms with van der Waals surface area (Å²) in [7, 11) is 0. The number of rotatable bonds is 9. The van der Waals surface area contributed by atoms with E-state index >= 15 is 13.2 Å². The summed E-state index contributed by atoms with van der Waals surface area (Å²) in [5.41, 5.74) is -0.347. The first-order valence-electron chi connectivity index (χ1n) is 19.8. The molecule has 3 fully saturated rings. The summed E-state index contributed by atoms with van der Waals surface area (Å²) in [6, 6.07) is 8.96. The number of carbonyl (C=O) groups is 1. The average molecular weight is 807 g/mol. The van der Waals surface area contributed by atoms with Gasteiger partial charge in [-0.25, -0.2) is 18.2 Å². The molecule has 0 bridgehead atoms. The number of hydrogen-bond acceptors (Lipinski definition) is 11. The van der Waals surface area contributed by atoms with Gasteiger partial charge in [-0.2, -0.15) is 9.97 Å². The molecule has 1 unspecified atom stereocenters. The summed E-state index contributed by atoms with van der Waals surface area (Å²) >= 11 is 0. The molecule has 4 atom stereocenters. The van der Waals surface area contributed by atoms with Crippen LogP contribution in [0.5, 0.6) is 11.8 Å². The first-order chi connectivity index (χ1) is 28.5. The summed E-state index contributed by atoms with van der Waals surface area (Å²) in [5, 5.41) is 14.5. The van der Waals surface area contributed by atoms with E-state index in [1.54, 1.807) is 6.20 Å². The van der Waals surface area contributed by atoms with Gasteiger partial charge in [-0.05, 0) is 74.9 Å². The van der Waals surface area contributed by atoms with Gasteiger partial charge < -0.3 is 34.6 Å². The largest absolute Gasteiger partial charge is 0.508 e. The maximum absolute atomic E-state index is 17.2. The Morgan fingerprint density at radius 3 is 2.76 bits per heavy atom. The quantitative estimate of drug-likeness (QED) is 0.126. The molecule has 0 radical (unpaired) electrons. The molecule has 59 heavy (non-hydrogen) atoms. The third-order valence-electron chi connectivity index (χ3n) is 11.5. The van der Waals surface area contributed by atoms with E-state index in [-0.39, 0.29) is 82.4 Å². The Hall–Kier alpha value is -6.14. The number of phenols is 1. The maximum atomic E-state index is 17.2. The zero-order chi connectivity index (χ0) is 41.4. The summed E-state index contributed by atoms with van der Waals surface area (Å²) in [6.45, 7) is 10.4. The smallest absolute Gasteiger partial charge is 0.319 e. The number of terminal acetylenes is 1. The minimum Gasteiger partial charge on any atom is -0.508 e. The van der Waals surface area contributed by atoms with Crippen molar-refractivity contribution in [2.24, 2.45) is 0 Å². The lowest BCUT2D eigenvalue weighted by Crippen LogP contribution is -2.47. The molecule has 2 N–H and O–H groups in total. The van der Waals surface area contributed by atoms with Crippen molar-refractivity contribution >= 4 is 44.9 Å². The summed E-state index contributed by atoms with van der Waals surface area (Å²) in [4.78, 5) is 37.1. The minimum atomic E-state index is -1.17. The van der Waals surface area contributed by atoms with Crippen molar-refractivity contribution in [1.29, 1.82) is 0 Å². The number of benzene rings is 2. The van der Waals surface area contributed by atoms with Gasteiger partial charge in [0.25, 0.3) is 0 Å². The van der Waals surface area contributed by atoms with E-state index in [2.05, 4.69) is 39.6 Å². The molecule has 3 aliphatic heterocycles. The SMILES string of the molecule is C#Cc1c(F)ccc2cc(O)cc(-c3ncc4c(N5CCCCC(NC(=O)C=C)C5)nc(OC[C@]5(C)C[C@@H](F)CN5c5ccc(N6CCOC[C@@H]6C)cn5)nc4c3F)c12. The number of nitrogens with zero attached hydrogens (tertiary/aromatic N) is 7. The van der Waals surface area contributed by atoms with E-state index < -0.39 is 23.3 Å². The number of morpholine rings is 1. The predicted molar refractivity (Wildman–Crippen MR) is 221 cm³/mol. The lowest BCUT2D eigenvalue weighted by molar-refractivity contribution is -0.117. The monoisotopic (exact) mass is 806 g/mol. The van der Waals surface area contributed by atoms with Crippen LogP contribution in [0.15, 0.2) is 61.4 Å². The van der Waals surface area contributed by atoms with Crippen molar-refractivity contribution in [1.82, 2.24) is 25.3 Å². The summed E-state index contributed by atoms with van der Waals surface area (Å²) < 4.78 is 59.5. The topological polar surface area (TPSA) is 129 Å². The standard InChI is InChI=1S/C44H45F3N8O4/c1-5-32-35(46)12-10-27-17-31(56)18-33(38(27)32)40-39(47)41-34(21-49-40)42(53-14-8-7-9-29(23-53)50-37(57)6-2)52-43(51-41)59-25-44(4)19-28(45)22-55(44)36-13-11-30(20-48-36)54-15-16-58-24-26(54)3/h1,6,10-13,17-18,20-21,26,28-29,56H,2,7-9,14-16,19,22-25H2,3-4H3,(H,50,57)/t26-,28+,29?,44-/m0/s1. The van der Waals surface area contributed by atoms with Crippen LogP contribution in [0, 0.1) is 24.0 Å². The number of phenolic OH excluding ortho intramolecular Hbond substituents is 1. The summed E-state index contributed by atoms with van der Waals surface area (Å²) in [6.07, 6.45) is 11.4. The Morgan fingerprint density at radius 2 is 2.00 bits per heavy atom. The first-order valence-corrected chi connectivity index (χ1v) is 19.8. The molecule has 12 nitrogen and oxygen atoms in total. The number of carbonyl (C=O) groups excluding carboxylic acids is 1. The predicted octanol–water partition coefficient (Wildman–Crippen LogP) is 6.48. The van der Waals surface area contributed by atoms with Crippen LogP contribution in [0.3, 0.4) is 0 Å². The molecule has 3 aromatic heterocycles. The van der Waals surface area contributed by atoms with Gasteiger partial charge in [-0.3, -0.25) is 9.78 Å². The van der Waals surface area contributed by atoms with Crippen LogP contribution >= 0.6 is 0 Å². The van der Waals surface area contributed by atoms with Gasteiger partial charge in [-0.1, -0.05) is 18.6 Å². The molecular formula is C44H45F3N8O4. The number of halogens is 3. The van der Waals surface area contributed by atoms with Crippen molar-refractivity contribution in [3.63, 3.8) is 0 Å². The molecule has 15 heteroatoms. The average Bonchev–Trinajstić information content (AvgIpc) is 3.36. The van der Waals surface area contributed by atoms with Crippen LogP contribution in [0.25, 0.3) is 32.9 Å². The summed E-state index contributed by atoms with van der Waals surface area (Å²) in [5.74, 6) is 1.19. The van der Waals surface area contributed by atoms with Crippen molar-refractivity contribution in [3.8, 4) is 35.4 Å². The minimum absolute atomic E-state index is 0.0676. The Bertz CT molecular complexity index is 2460. The number of aromatic nitrogens is 4. The second kappa shape index (κ2) is 16.2. The Balaban J connectivity index is 1.19. The first kappa shape index (κ1) is 39.7. The number of fused-ring (bicyclic) bond motifs is 2. The van der Waals surface area contributed by atoms with Gasteiger partial charge in [0.15, 0.2) is 5.82 Å². The molecule has 0 saturated carbocycles. The Kier molecular flexibility index (Phi) is 10.9. The van der Waals surface area contributed by atoms with Crippen LogP contribution in [-0.2, 0) is 9.53 Å². The number of pyridine rings is 2. The van der Waals surface area contributed by atoms with Crippen molar-refractivity contribution in [2.75, 3.05) is 60.7 Å². The molecule has 1 amide bonds. The highest BCUT2D eigenvalue weighted by Crippen LogP contribution is 2.40. The third-order valence-corrected chi connectivity index (χ3v) is 11.5. The highest BCUT2D eigenvalue weighted by molar-refractivity contribution is 6.03. The zero-order valence-corrected chi connectivity index (χ0v) is 32.9. The van der Waals surface area contributed by atoms with Gasteiger partial charge in [-0.15, -0.1) is 6.42 Å². The van der Waals surface area contributed by atoms with E-state index in [1.807, 2.05) is 28.9 Å². The molecule has 0 spiro atoms. The van der Waals surface area contributed by atoms with E-state index in [1.165, 1.54) is 36.5 Å². The van der Waals surface area contributed by atoms with Crippen LogP contribution in [-0.4, -0.2) is 101 Å². The highest BCUT2D eigenvalue weighted by atomic mass is 19.1. The van der Waals surface area contributed by atoms with Gasteiger partial charge in [0.2, 0.25) is 5.91 Å². The second-order valence-corrected chi connectivity index (χ2v) is 15.7. The van der Waals surface area contributed by atoms with Crippen molar-refractivity contribution in [3.05, 3.63) is 78.6 Å². The Morgan fingerprint density at radius 1 is 1.15 bits per heavy atom. The molecule has 8 rings (SSSR count). The molecular weight excluding hydrogens is 762 g/mol. The van der Waals surface area contributed by atoms with Crippen LogP contribution in [0.1, 0.15) is 45.1 Å². The van der Waals surface area contributed by atoms with Gasteiger partial charge >= 0.3 is 6.01 Å². The number of ether oxygens (including phenoxy) is 2. The third kappa shape index (κ3) is 7.76. The van der Waals surface area contributed by atoms with Crippen molar-refractivity contribution in [2.45, 2.75) is 63.3 Å². The van der Waals surface area contributed by atoms with Gasteiger partial charge in [0, 0.05) is 55.3 Å². The van der Waals surface area contributed by atoms with Gasteiger partial charge in [0.1, 0.15) is 47.2 Å². The number of anilines is 3. The lowest BCUT2D eigenvalue weighted by atomic mass is 9.96. The number of hydrogen-bond donors (Lipinski definition) is 2. The second-order valence-electron chi connectivity index (χ2n) is 15.7. The Labute approximate surface area is 340 Å². The number of aromatic hydroxyl groups is 1. The van der Waals surface area contributed by atoms with E-state index in [4.69, 9.17) is 25.9 Å². The zero-order valence-electron chi connectivity index (χ0n) is 32.9.